The quantitative estimate of drug-likeness (QED) is 0.850. The van der Waals surface area contributed by atoms with Gasteiger partial charge >= 0.3 is 0 Å². The third-order valence-electron chi connectivity index (χ3n) is 3.66. The van der Waals surface area contributed by atoms with E-state index in [1.54, 1.807) is 36.4 Å². The van der Waals surface area contributed by atoms with Crippen molar-refractivity contribution >= 4 is 44.7 Å². The summed E-state index contributed by atoms with van der Waals surface area (Å²) in [5.74, 6) is -0.00463. The van der Waals surface area contributed by atoms with Crippen LogP contribution in [0.5, 0.6) is 5.75 Å². The molecule has 7 heteroatoms. The fraction of sp³-hybridized carbons (Fsp3) is 0.118. The van der Waals surface area contributed by atoms with E-state index in [-0.39, 0.29) is 16.6 Å². The molecule has 1 amide bonds. The molecule has 0 saturated carbocycles. The van der Waals surface area contributed by atoms with Crippen LogP contribution in [0.3, 0.4) is 0 Å². The van der Waals surface area contributed by atoms with Crippen LogP contribution in [0.1, 0.15) is 11.1 Å². The Hall–Kier alpha value is -2.31. The van der Waals surface area contributed by atoms with Crippen LogP contribution in [0.25, 0.3) is 11.6 Å². The SMILES string of the molecule is COc1cc(/C=C2\C(=O)Nc3ccc(Cl)cc32)ccc1S(C)(=O)=O. The highest BCUT2D eigenvalue weighted by atomic mass is 35.5. The zero-order valence-corrected chi connectivity index (χ0v) is 14.5. The van der Waals surface area contributed by atoms with E-state index in [1.165, 1.54) is 13.2 Å². The van der Waals surface area contributed by atoms with Crippen molar-refractivity contribution in [3.05, 3.63) is 52.5 Å². The molecule has 1 N–H and O–H groups in total. The smallest absolute Gasteiger partial charge is 0.256 e. The van der Waals surface area contributed by atoms with Crippen molar-refractivity contribution in [2.45, 2.75) is 4.90 Å². The summed E-state index contributed by atoms with van der Waals surface area (Å²) in [6.07, 6.45) is 2.79. The van der Waals surface area contributed by atoms with Gasteiger partial charge in [-0.3, -0.25) is 4.79 Å². The first-order valence-electron chi connectivity index (χ1n) is 7.00. The second-order valence-electron chi connectivity index (χ2n) is 5.38. The van der Waals surface area contributed by atoms with E-state index in [4.69, 9.17) is 16.3 Å². The maximum Gasteiger partial charge on any atom is 0.256 e. The molecule has 24 heavy (non-hydrogen) atoms. The topological polar surface area (TPSA) is 72.5 Å². The Balaban J connectivity index is 2.10. The molecule has 1 aliphatic heterocycles. The van der Waals surface area contributed by atoms with Gasteiger partial charge in [0.1, 0.15) is 10.6 Å². The van der Waals surface area contributed by atoms with Gasteiger partial charge < -0.3 is 10.1 Å². The number of hydrogen-bond donors (Lipinski definition) is 1. The minimum absolute atomic E-state index is 0.103. The number of anilines is 1. The number of nitrogens with one attached hydrogen (secondary N) is 1. The van der Waals surface area contributed by atoms with Gasteiger partial charge in [-0.15, -0.1) is 0 Å². The molecule has 0 fully saturated rings. The fourth-order valence-electron chi connectivity index (χ4n) is 2.55. The number of hydrogen-bond acceptors (Lipinski definition) is 4. The first kappa shape index (κ1) is 16.5. The van der Waals surface area contributed by atoms with Crippen LogP contribution < -0.4 is 10.1 Å². The van der Waals surface area contributed by atoms with Crippen molar-refractivity contribution in [2.75, 3.05) is 18.7 Å². The van der Waals surface area contributed by atoms with Crippen LogP contribution in [0, 0.1) is 0 Å². The fourth-order valence-corrected chi connectivity index (χ4v) is 3.55. The molecule has 0 bridgehead atoms. The number of carbonyl (C=O) groups is 1. The van der Waals surface area contributed by atoms with E-state index in [0.29, 0.717) is 27.4 Å². The Labute approximate surface area is 144 Å². The highest BCUT2D eigenvalue weighted by Crippen LogP contribution is 2.35. The monoisotopic (exact) mass is 363 g/mol. The van der Waals surface area contributed by atoms with Gasteiger partial charge in [-0.2, -0.15) is 0 Å². The van der Waals surface area contributed by atoms with Crippen LogP contribution in [0.15, 0.2) is 41.3 Å². The lowest BCUT2D eigenvalue weighted by molar-refractivity contribution is -0.110. The molecule has 0 aliphatic carbocycles. The Morgan fingerprint density at radius 1 is 1.17 bits per heavy atom. The van der Waals surface area contributed by atoms with E-state index < -0.39 is 9.84 Å². The van der Waals surface area contributed by atoms with Gasteiger partial charge in [-0.25, -0.2) is 8.42 Å². The minimum atomic E-state index is -3.40. The summed E-state index contributed by atoms with van der Waals surface area (Å²) >= 11 is 6.01. The van der Waals surface area contributed by atoms with Crippen LogP contribution in [-0.4, -0.2) is 27.7 Å². The number of carbonyl (C=O) groups excluding carboxylic acids is 1. The predicted octanol–water partition coefficient (Wildman–Crippen LogP) is 3.24. The second kappa shape index (κ2) is 5.96. The van der Waals surface area contributed by atoms with Crippen molar-refractivity contribution < 1.29 is 17.9 Å². The van der Waals surface area contributed by atoms with E-state index in [2.05, 4.69) is 5.32 Å². The van der Waals surface area contributed by atoms with E-state index in [9.17, 15) is 13.2 Å². The average molecular weight is 364 g/mol. The molecule has 5 nitrogen and oxygen atoms in total. The Bertz CT molecular complexity index is 980. The van der Waals surface area contributed by atoms with Crippen LogP contribution in [-0.2, 0) is 14.6 Å². The molecule has 3 rings (SSSR count). The maximum atomic E-state index is 12.2. The van der Waals surface area contributed by atoms with Gasteiger partial charge in [0, 0.05) is 28.1 Å². The van der Waals surface area contributed by atoms with Crippen LogP contribution in [0.2, 0.25) is 5.02 Å². The lowest BCUT2D eigenvalue weighted by Gasteiger charge is -2.08. The molecular formula is C17H14ClNO4S. The number of halogens is 1. The first-order valence-corrected chi connectivity index (χ1v) is 9.27. The summed E-state index contributed by atoms with van der Waals surface area (Å²) in [6.45, 7) is 0. The molecular weight excluding hydrogens is 350 g/mol. The molecule has 0 aromatic heterocycles. The molecule has 0 unspecified atom stereocenters. The molecule has 0 spiro atoms. The number of benzene rings is 2. The molecule has 1 aliphatic rings. The van der Waals surface area contributed by atoms with Gasteiger partial charge in [-0.05, 0) is 42.0 Å². The molecule has 0 atom stereocenters. The number of amides is 1. The number of methoxy groups -OCH3 is 1. The number of rotatable bonds is 3. The van der Waals surface area contributed by atoms with Crippen LogP contribution in [0.4, 0.5) is 5.69 Å². The van der Waals surface area contributed by atoms with Crippen molar-refractivity contribution in [2.24, 2.45) is 0 Å². The zero-order valence-electron chi connectivity index (χ0n) is 13.0. The molecule has 0 saturated heterocycles. The number of ether oxygens (including phenoxy) is 1. The Morgan fingerprint density at radius 2 is 1.92 bits per heavy atom. The largest absolute Gasteiger partial charge is 0.495 e. The summed E-state index contributed by atoms with van der Waals surface area (Å²) in [5.41, 5.74) is 2.51. The van der Waals surface area contributed by atoms with E-state index in [0.717, 1.165) is 6.26 Å². The molecule has 0 radical (unpaired) electrons. The van der Waals surface area contributed by atoms with Crippen molar-refractivity contribution in [3.8, 4) is 5.75 Å². The third-order valence-corrected chi connectivity index (χ3v) is 5.03. The summed E-state index contributed by atoms with van der Waals surface area (Å²) in [5, 5.41) is 3.30. The summed E-state index contributed by atoms with van der Waals surface area (Å²) < 4.78 is 28.7. The highest BCUT2D eigenvalue weighted by Gasteiger charge is 2.24. The lowest BCUT2D eigenvalue weighted by atomic mass is 10.0. The molecule has 2 aromatic rings. The minimum Gasteiger partial charge on any atom is -0.495 e. The predicted molar refractivity (Wildman–Crippen MR) is 94.1 cm³/mol. The number of fused-ring (bicyclic) bond motifs is 1. The second-order valence-corrected chi connectivity index (χ2v) is 7.81. The molecule has 2 aromatic carbocycles. The summed E-state index contributed by atoms with van der Waals surface area (Å²) in [4.78, 5) is 12.3. The maximum absolute atomic E-state index is 12.2. The van der Waals surface area contributed by atoms with E-state index >= 15 is 0 Å². The van der Waals surface area contributed by atoms with E-state index in [1.807, 2.05) is 0 Å². The normalized spacial score (nSPS) is 15.3. The van der Waals surface area contributed by atoms with Crippen molar-refractivity contribution in [3.63, 3.8) is 0 Å². The highest BCUT2D eigenvalue weighted by molar-refractivity contribution is 7.90. The molecule has 124 valence electrons. The Morgan fingerprint density at radius 3 is 2.58 bits per heavy atom. The molecule has 1 heterocycles. The zero-order chi connectivity index (χ0) is 17.5. The van der Waals surface area contributed by atoms with Gasteiger partial charge in [0.15, 0.2) is 9.84 Å². The third kappa shape index (κ3) is 3.02. The summed E-state index contributed by atoms with van der Waals surface area (Å²) in [7, 11) is -2.00. The van der Waals surface area contributed by atoms with Gasteiger partial charge in [0.2, 0.25) is 0 Å². The Kier molecular flexibility index (Phi) is 4.11. The lowest BCUT2D eigenvalue weighted by Crippen LogP contribution is -2.04. The van der Waals surface area contributed by atoms with Gasteiger partial charge in [0.25, 0.3) is 5.91 Å². The standard InChI is InChI=1S/C17H14ClNO4S/c1-23-15-8-10(3-6-16(15)24(2,21)22)7-13-12-9-11(18)4-5-14(12)19-17(13)20/h3-9H,1-2H3,(H,19,20)/b13-7-. The van der Waals surface area contributed by atoms with Crippen LogP contribution >= 0.6 is 11.6 Å². The number of sulfone groups is 1. The van der Waals surface area contributed by atoms with Crippen molar-refractivity contribution in [1.29, 1.82) is 0 Å². The van der Waals surface area contributed by atoms with Gasteiger partial charge in [0.05, 0.1) is 7.11 Å². The average Bonchev–Trinajstić information content (AvgIpc) is 2.82. The first-order chi connectivity index (χ1) is 11.3. The van der Waals surface area contributed by atoms with Gasteiger partial charge in [-0.1, -0.05) is 17.7 Å². The summed E-state index contributed by atoms with van der Waals surface area (Å²) in [6, 6.07) is 9.83. The van der Waals surface area contributed by atoms with Crippen molar-refractivity contribution in [1.82, 2.24) is 0 Å².